The van der Waals surface area contributed by atoms with Gasteiger partial charge >= 0.3 is 10.1 Å². The van der Waals surface area contributed by atoms with E-state index in [0.717, 1.165) is 0 Å². The Balaban J connectivity index is 2.38. The molecule has 0 saturated carbocycles. The summed E-state index contributed by atoms with van der Waals surface area (Å²) in [6, 6.07) is 10.4. The molecule has 106 valence electrons. The molecule has 0 N–H and O–H groups in total. The molecular formula is C13H10Cl2O4S. The molecule has 0 fully saturated rings. The Morgan fingerprint density at radius 1 is 1.00 bits per heavy atom. The Labute approximate surface area is 127 Å². The Hall–Kier alpha value is -1.43. The van der Waals surface area contributed by atoms with Crippen LogP contribution >= 0.6 is 23.2 Å². The van der Waals surface area contributed by atoms with Gasteiger partial charge in [0.05, 0.1) is 12.1 Å². The molecule has 0 unspecified atom stereocenters. The second-order valence-corrected chi connectivity index (χ2v) is 6.15. The van der Waals surface area contributed by atoms with E-state index in [1.165, 1.54) is 37.4 Å². The SMILES string of the molecule is COc1cccc(OS(=O)(=O)c2cc(Cl)ccc2Cl)c1. The van der Waals surface area contributed by atoms with Crippen LogP contribution in [-0.4, -0.2) is 15.5 Å². The molecule has 0 radical (unpaired) electrons. The maximum Gasteiger partial charge on any atom is 0.340 e. The van der Waals surface area contributed by atoms with Gasteiger partial charge in [-0.05, 0) is 30.3 Å². The van der Waals surface area contributed by atoms with E-state index in [-0.39, 0.29) is 20.7 Å². The molecule has 0 heterocycles. The first-order valence-corrected chi connectivity index (χ1v) is 7.62. The molecule has 0 aromatic heterocycles. The van der Waals surface area contributed by atoms with Crippen LogP contribution in [0.15, 0.2) is 47.4 Å². The molecule has 20 heavy (non-hydrogen) atoms. The molecule has 2 rings (SSSR count). The summed E-state index contributed by atoms with van der Waals surface area (Å²) in [5.74, 6) is 0.607. The zero-order valence-corrected chi connectivity index (χ0v) is 12.7. The van der Waals surface area contributed by atoms with Gasteiger partial charge in [-0.15, -0.1) is 0 Å². The topological polar surface area (TPSA) is 52.6 Å². The van der Waals surface area contributed by atoms with Crippen molar-refractivity contribution in [1.82, 2.24) is 0 Å². The molecule has 0 saturated heterocycles. The number of hydrogen-bond donors (Lipinski definition) is 0. The number of ether oxygens (including phenoxy) is 1. The summed E-state index contributed by atoms with van der Waals surface area (Å²) in [6.45, 7) is 0. The quantitative estimate of drug-likeness (QED) is 0.799. The van der Waals surface area contributed by atoms with Crippen molar-refractivity contribution < 1.29 is 17.3 Å². The van der Waals surface area contributed by atoms with Gasteiger partial charge in [0.15, 0.2) is 0 Å². The lowest BCUT2D eigenvalue weighted by atomic mass is 10.3. The molecule has 0 bridgehead atoms. The molecule has 0 aliphatic heterocycles. The van der Waals surface area contributed by atoms with Crippen molar-refractivity contribution in [3.63, 3.8) is 0 Å². The molecule has 7 heteroatoms. The highest BCUT2D eigenvalue weighted by molar-refractivity contribution is 7.87. The number of benzene rings is 2. The van der Waals surface area contributed by atoms with Crippen molar-refractivity contribution in [3.05, 3.63) is 52.5 Å². The average molecular weight is 333 g/mol. The predicted molar refractivity (Wildman–Crippen MR) is 77.3 cm³/mol. The first kappa shape index (κ1) is 15.0. The van der Waals surface area contributed by atoms with E-state index in [0.29, 0.717) is 5.75 Å². The van der Waals surface area contributed by atoms with Crippen LogP contribution in [0, 0.1) is 0 Å². The standard InChI is InChI=1S/C13H10Cl2O4S/c1-18-10-3-2-4-11(8-10)19-20(16,17)13-7-9(14)5-6-12(13)15/h2-8H,1H3. The van der Waals surface area contributed by atoms with Crippen LogP contribution in [0.4, 0.5) is 0 Å². The van der Waals surface area contributed by atoms with E-state index >= 15 is 0 Å². The van der Waals surface area contributed by atoms with Crippen LogP contribution in [0.5, 0.6) is 11.5 Å². The van der Waals surface area contributed by atoms with Crippen molar-refractivity contribution in [2.24, 2.45) is 0 Å². The fourth-order valence-electron chi connectivity index (χ4n) is 1.49. The van der Waals surface area contributed by atoms with Crippen LogP contribution < -0.4 is 8.92 Å². The van der Waals surface area contributed by atoms with E-state index < -0.39 is 10.1 Å². The average Bonchev–Trinajstić information content (AvgIpc) is 2.41. The predicted octanol–water partition coefficient (Wildman–Crippen LogP) is 3.77. The van der Waals surface area contributed by atoms with Gasteiger partial charge in [0.1, 0.15) is 16.4 Å². The van der Waals surface area contributed by atoms with Crippen molar-refractivity contribution in [2.75, 3.05) is 7.11 Å². The third-order valence-electron chi connectivity index (χ3n) is 2.41. The summed E-state index contributed by atoms with van der Waals surface area (Å²) in [4.78, 5) is -0.186. The molecule has 2 aromatic rings. The van der Waals surface area contributed by atoms with E-state index in [1.807, 2.05) is 0 Å². The van der Waals surface area contributed by atoms with Gasteiger partial charge in [-0.25, -0.2) is 0 Å². The summed E-state index contributed by atoms with van der Waals surface area (Å²) in [5.41, 5.74) is 0. The molecule has 0 atom stereocenters. The Morgan fingerprint density at radius 2 is 1.70 bits per heavy atom. The van der Waals surface area contributed by atoms with Crippen LogP contribution in [-0.2, 0) is 10.1 Å². The zero-order chi connectivity index (χ0) is 14.8. The Kier molecular flexibility index (Phi) is 4.42. The third kappa shape index (κ3) is 3.36. The van der Waals surface area contributed by atoms with Gasteiger partial charge in [-0.1, -0.05) is 29.3 Å². The maximum absolute atomic E-state index is 12.2. The fourth-order valence-corrected chi connectivity index (χ4v) is 3.16. The van der Waals surface area contributed by atoms with Crippen LogP contribution in [0.2, 0.25) is 10.0 Å². The normalized spacial score (nSPS) is 11.2. The van der Waals surface area contributed by atoms with Gasteiger partial charge in [0, 0.05) is 11.1 Å². The minimum Gasteiger partial charge on any atom is -0.497 e. The van der Waals surface area contributed by atoms with Crippen molar-refractivity contribution in [1.29, 1.82) is 0 Å². The van der Waals surface area contributed by atoms with Gasteiger partial charge in [-0.2, -0.15) is 8.42 Å². The van der Waals surface area contributed by atoms with Crippen molar-refractivity contribution in [2.45, 2.75) is 4.90 Å². The molecule has 2 aromatic carbocycles. The Bertz CT molecular complexity index is 729. The number of rotatable bonds is 4. The molecule has 4 nitrogen and oxygen atoms in total. The number of hydrogen-bond acceptors (Lipinski definition) is 4. The summed E-state index contributed by atoms with van der Waals surface area (Å²) in [7, 11) is -2.59. The van der Waals surface area contributed by atoms with Crippen LogP contribution in [0.3, 0.4) is 0 Å². The maximum atomic E-state index is 12.2. The second kappa shape index (κ2) is 5.91. The molecular weight excluding hydrogens is 323 g/mol. The van der Waals surface area contributed by atoms with E-state index in [4.69, 9.17) is 32.1 Å². The van der Waals surface area contributed by atoms with Crippen LogP contribution in [0.25, 0.3) is 0 Å². The molecule has 0 aliphatic carbocycles. The molecule has 0 aliphatic rings. The van der Waals surface area contributed by atoms with E-state index in [2.05, 4.69) is 0 Å². The van der Waals surface area contributed by atoms with Crippen molar-refractivity contribution in [3.8, 4) is 11.5 Å². The molecule has 0 amide bonds. The summed E-state index contributed by atoms with van der Waals surface area (Å²) in [6.07, 6.45) is 0. The first-order chi connectivity index (χ1) is 9.42. The van der Waals surface area contributed by atoms with Gasteiger partial charge < -0.3 is 8.92 Å². The summed E-state index contributed by atoms with van der Waals surface area (Å²) >= 11 is 11.6. The lowest BCUT2D eigenvalue weighted by Crippen LogP contribution is -2.10. The van der Waals surface area contributed by atoms with Gasteiger partial charge in [-0.3, -0.25) is 0 Å². The second-order valence-electron chi connectivity index (χ2n) is 3.79. The Morgan fingerprint density at radius 3 is 2.40 bits per heavy atom. The fraction of sp³-hybridized carbons (Fsp3) is 0.0769. The summed E-state index contributed by atoms with van der Waals surface area (Å²) < 4.78 is 34.3. The number of methoxy groups -OCH3 is 1. The largest absolute Gasteiger partial charge is 0.497 e. The van der Waals surface area contributed by atoms with Gasteiger partial charge in [0.25, 0.3) is 0 Å². The van der Waals surface area contributed by atoms with Gasteiger partial charge in [0.2, 0.25) is 0 Å². The minimum absolute atomic E-state index is 0.0392. The highest BCUT2D eigenvalue weighted by atomic mass is 35.5. The van der Waals surface area contributed by atoms with Crippen LogP contribution in [0.1, 0.15) is 0 Å². The highest BCUT2D eigenvalue weighted by Gasteiger charge is 2.21. The van der Waals surface area contributed by atoms with Crippen molar-refractivity contribution >= 4 is 33.3 Å². The lowest BCUT2D eigenvalue weighted by Gasteiger charge is -2.09. The first-order valence-electron chi connectivity index (χ1n) is 5.46. The lowest BCUT2D eigenvalue weighted by molar-refractivity contribution is 0.411. The smallest absolute Gasteiger partial charge is 0.340 e. The van der Waals surface area contributed by atoms with E-state index in [9.17, 15) is 8.42 Å². The van der Waals surface area contributed by atoms with E-state index in [1.54, 1.807) is 12.1 Å². The highest BCUT2D eigenvalue weighted by Crippen LogP contribution is 2.28. The number of halogens is 2. The summed E-state index contributed by atoms with van der Waals surface area (Å²) in [5, 5.41) is 0.291. The monoisotopic (exact) mass is 332 g/mol. The zero-order valence-electron chi connectivity index (χ0n) is 10.3. The minimum atomic E-state index is -4.06. The third-order valence-corrected chi connectivity index (χ3v) is 4.37. The molecule has 0 spiro atoms.